The molecule has 3 atom stereocenters. The Morgan fingerprint density at radius 2 is 0.716 bits per heavy atom. The molecule has 1 unspecified atom stereocenters. The number of benzene rings is 3. The molecule has 12 rings (SSSR count). The molecule has 81 heavy (non-hydrogen) atoms. The van der Waals surface area contributed by atoms with Crippen molar-refractivity contribution in [2.75, 3.05) is 91.2 Å². The van der Waals surface area contributed by atoms with Crippen molar-refractivity contribution in [1.82, 2.24) is 42.3 Å². The summed E-state index contributed by atoms with van der Waals surface area (Å²) in [6, 6.07) is 17.8. The Balaban J connectivity index is 0.000000136. The van der Waals surface area contributed by atoms with Gasteiger partial charge in [-0.2, -0.15) is 42.3 Å². The molecule has 432 valence electrons. The highest BCUT2D eigenvalue weighted by Gasteiger charge is 2.38. The number of fused-ring (bicyclic) bond motifs is 6. The van der Waals surface area contributed by atoms with Crippen LogP contribution in [-0.4, -0.2) is 143 Å². The summed E-state index contributed by atoms with van der Waals surface area (Å²) in [6.07, 6.45) is 6.90. The molecule has 3 aromatic carbocycles. The SMILES string of the molecule is Cc1cccc2c1NCCC2C(=O)n1nc2c(c1N)CCN(S(C)(=O)=O)C2.Cc1cccc2c1NCC[C@@H]2C(=O)n1nc2c(c1N)CCN(S(C)(=O)=O)C2.Cc1cccc2c1NCC[C@H]2C(=O)n1nc2c(c1N)CCN(S(C)(=O)=O)C2. The number of aromatic nitrogens is 6. The van der Waals surface area contributed by atoms with Crippen molar-refractivity contribution in [2.45, 2.75) is 96.7 Å². The van der Waals surface area contributed by atoms with Crippen LogP contribution < -0.4 is 33.2 Å². The second-order valence-corrected chi connectivity index (χ2v) is 27.6. The molecule has 3 aromatic heterocycles. The summed E-state index contributed by atoms with van der Waals surface area (Å²) in [4.78, 5) is 39.8. The number of hydrogen-bond donors (Lipinski definition) is 6. The van der Waals surface area contributed by atoms with Crippen LogP contribution in [0.1, 0.15) is 119 Å². The predicted octanol–water partition coefficient (Wildman–Crippen LogP) is 3.99. The molecule has 0 fully saturated rings. The first-order valence-corrected chi connectivity index (χ1v) is 32.4. The molecule has 24 nitrogen and oxygen atoms in total. The van der Waals surface area contributed by atoms with E-state index < -0.39 is 30.1 Å². The summed E-state index contributed by atoms with van der Waals surface area (Å²) >= 11 is 0. The van der Waals surface area contributed by atoms with Gasteiger partial charge in [0.1, 0.15) is 17.5 Å². The summed E-state index contributed by atoms with van der Waals surface area (Å²) in [7, 11) is -9.92. The van der Waals surface area contributed by atoms with E-state index in [0.29, 0.717) is 112 Å². The van der Waals surface area contributed by atoms with Gasteiger partial charge in [-0.25, -0.2) is 25.3 Å². The van der Waals surface area contributed by atoms with Gasteiger partial charge in [-0.1, -0.05) is 54.6 Å². The molecule has 27 heteroatoms. The van der Waals surface area contributed by atoms with Gasteiger partial charge >= 0.3 is 0 Å². The van der Waals surface area contributed by atoms with Crippen molar-refractivity contribution in [2.24, 2.45) is 0 Å². The smallest absolute Gasteiger partial charge is 0.256 e. The van der Waals surface area contributed by atoms with Crippen molar-refractivity contribution in [3.05, 3.63) is 122 Å². The Kier molecular flexibility index (Phi) is 15.5. The zero-order chi connectivity index (χ0) is 58.0. The van der Waals surface area contributed by atoms with Crippen molar-refractivity contribution >= 4 is 82.3 Å². The molecule has 6 aliphatic rings. The standard InChI is InChI=1S/3C18H23N5O3S/c3*1-11-4-3-5-12-13(6-8-20-16(11)12)18(24)23-17(19)14-7-9-22(27(2,25)26)10-15(14)21-23/h3*3-5,13,20H,6-10,19H2,1-2H3/t2*13-;/m10./s1. The molecule has 0 spiro atoms. The number of carbonyl (C=O) groups is 3. The Bertz CT molecular complexity index is 3480. The van der Waals surface area contributed by atoms with Crippen molar-refractivity contribution in [3.8, 4) is 0 Å². The number of nitrogen functional groups attached to an aromatic ring is 3. The van der Waals surface area contributed by atoms with Gasteiger partial charge in [0.2, 0.25) is 30.1 Å². The van der Waals surface area contributed by atoms with E-state index in [1.807, 2.05) is 75.4 Å². The second-order valence-electron chi connectivity index (χ2n) is 21.6. The number of para-hydroxylation sites is 3. The first kappa shape index (κ1) is 57.1. The predicted molar refractivity (Wildman–Crippen MR) is 310 cm³/mol. The lowest BCUT2D eigenvalue weighted by Crippen LogP contribution is -2.35. The van der Waals surface area contributed by atoms with Crippen molar-refractivity contribution < 1.29 is 39.6 Å². The third kappa shape index (κ3) is 11.1. The number of carbonyl (C=O) groups excluding carboxylic acids is 3. The number of sulfonamides is 3. The molecular formula is C54H69N15O9S3. The maximum Gasteiger partial charge on any atom is 0.256 e. The molecule has 0 radical (unpaired) electrons. The summed E-state index contributed by atoms with van der Waals surface area (Å²) in [5.74, 6) is -0.478. The molecule has 0 aliphatic carbocycles. The van der Waals surface area contributed by atoms with E-state index in [0.717, 1.165) is 67.1 Å². The van der Waals surface area contributed by atoms with Crippen LogP contribution in [0.4, 0.5) is 34.5 Å². The van der Waals surface area contributed by atoms with Gasteiger partial charge < -0.3 is 33.2 Å². The van der Waals surface area contributed by atoms with Crippen LogP contribution >= 0.6 is 0 Å². The number of nitrogens with two attached hydrogens (primary N) is 3. The molecule has 0 saturated heterocycles. The van der Waals surface area contributed by atoms with E-state index >= 15 is 0 Å². The van der Waals surface area contributed by atoms with E-state index in [-0.39, 0.29) is 55.1 Å². The number of nitrogens with zero attached hydrogens (tertiary/aromatic N) is 9. The molecule has 9 N–H and O–H groups in total. The van der Waals surface area contributed by atoms with Crippen molar-refractivity contribution in [3.63, 3.8) is 0 Å². The quantitative estimate of drug-likeness (QED) is 0.137. The van der Waals surface area contributed by atoms with Gasteiger partial charge in [-0.3, -0.25) is 14.4 Å². The Labute approximate surface area is 471 Å². The highest BCUT2D eigenvalue weighted by molar-refractivity contribution is 7.88. The molecule has 0 amide bonds. The van der Waals surface area contributed by atoms with Crippen LogP contribution in [0.2, 0.25) is 0 Å². The van der Waals surface area contributed by atoms with Gasteiger partial charge in [-0.05, 0) is 92.7 Å². The average molecular weight is 1170 g/mol. The lowest BCUT2D eigenvalue weighted by Gasteiger charge is -2.27. The Hall–Kier alpha value is -7.17. The van der Waals surface area contributed by atoms with Gasteiger partial charge in [0.15, 0.2) is 0 Å². The lowest BCUT2D eigenvalue weighted by molar-refractivity contribution is 0.0851. The van der Waals surface area contributed by atoms with Crippen LogP contribution in [-0.2, 0) is 69.0 Å². The highest BCUT2D eigenvalue weighted by atomic mass is 32.2. The summed E-state index contributed by atoms with van der Waals surface area (Å²) in [5.41, 5.74) is 31.9. The van der Waals surface area contributed by atoms with Gasteiger partial charge in [0, 0.05) is 73.0 Å². The van der Waals surface area contributed by atoms with E-state index in [2.05, 4.69) is 31.2 Å². The number of nitrogens with one attached hydrogen (secondary N) is 3. The second kappa shape index (κ2) is 22.0. The fourth-order valence-electron chi connectivity index (χ4n) is 11.9. The number of aryl methyl sites for hydroxylation is 3. The minimum absolute atomic E-state index is 0.153. The molecule has 6 aromatic rings. The van der Waals surface area contributed by atoms with Crippen LogP contribution in [0.3, 0.4) is 0 Å². The molecule has 9 heterocycles. The summed E-state index contributed by atoms with van der Waals surface area (Å²) < 4.78 is 78.9. The van der Waals surface area contributed by atoms with E-state index in [9.17, 15) is 39.6 Å². The van der Waals surface area contributed by atoms with Gasteiger partial charge in [-0.15, -0.1) is 0 Å². The molecule has 6 aliphatic heterocycles. The zero-order valence-corrected chi connectivity index (χ0v) is 48.6. The van der Waals surface area contributed by atoms with Crippen LogP contribution in [0, 0.1) is 20.8 Å². The minimum Gasteiger partial charge on any atom is -0.385 e. The van der Waals surface area contributed by atoms with E-state index in [1.54, 1.807) is 0 Å². The largest absolute Gasteiger partial charge is 0.385 e. The van der Waals surface area contributed by atoms with Crippen molar-refractivity contribution in [1.29, 1.82) is 0 Å². The fraction of sp³-hybridized carbons (Fsp3) is 0.444. The van der Waals surface area contributed by atoms with Gasteiger partial charge in [0.05, 0.1) is 73.2 Å². The highest BCUT2D eigenvalue weighted by Crippen LogP contribution is 2.40. The maximum absolute atomic E-state index is 13.3. The normalized spacial score (nSPS) is 19.9. The lowest BCUT2D eigenvalue weighted by atomic mass is 9.88. The minimum atomic E-state index is -3.31. The average Bonchev–Trinajstić information content (AvgIpc) is 4.27. The van der Waals surface area contributed by atoms with Crippen LogP contribution in [0.25, 0.3) is 0 Å². The number of anilines is 6. The summed E-state index contributed by atoms with van der Waals surface area (Å²) in [6.45, 7) is 9.67. The fourth-order valence-corrected chi connectivity index (χ4v) is 14.2. The third-order valence-electron chi connectivity index (χ3n) is 16.3. The molecular weight excluding hydrogens is 1100 g/mol. The number of hydrogen-bond acceptors (Lipinski definition) is 18. The zero-order valence-electron chi connectivity index (χ0n) is 46.2. The summed E-state index contributed by atoms with van der Waals surface area (Å²) in [5, 5.41) is 23.3. The Morgan fingerprint density at radius 1 is 0.457 bits per heavy atom. The number of rotatable bonds is 6. The Morgan fingerprint density at radius 3 is 0.963 bits per heavy atom. The molecule has 0 saturated carbocycles. The van der Waals surface area contributed by atoms with E-state index in [4.69, 9.17) is 17.2 Å². The first-order chi connectivity index (χ1) is 38.3. The molecule has 0 bridgehead atoms. The topological polar surface area (TPSA) is 331 Å². The maximum atomic E-state index is 13.3. The van der Waals surface area contributed by atoms with E-state index in [1.165, 1.54) is 45.7 Å². The van der Waals surface area contributed by atoms with Crippen LogP contribution in [0.15, 0.2) is 54.6 Å². The monoisotopic (exact) mass is 1170 g/mol. The van der Waals surface area contributed by atoms with Gasteiger partial charge in [0.25, 0.3) is 17.7 Å². The first-order valence-electron chi connectivity index (χ1n) is 26.9. The van der Waals surface area contributed by atoms with Crippen LogP contribution in [0.5, 0.6) is 0 Å². The third-order valence-corrected chi connectivity index (χ3v) is 20.1.